The van der Waals surface area contributed by atoms with Crippen LogP contribution in [0.1, 0.15) is 58.7 Å². The number of benzene rings is 2. The van der Waals surface area contributed by atoms with Crippen molar-refractivity contribution in [3.63, 3.8) is 0 Å². The monoisotopic (exact) mass is 607 g/mol. The molecule has 1 N–H and O–H groups in total. The summed E-state index contributed by atoms with van der Waals surface area (Å²) >= 11 is 6.83. The van der Waals surface area contributed by atoms with Gasteiger partial charge in [-0.2, -0.15) is 4.68 Å². The van der Waals surface area contributed by atoms with E-state index in [0.717, 1.165) is 40.4 Å². The highest BCUT2D eigenvalue weighted by molar-refractivity contribution is 7.20. The molecular weight excluding hydrogens is 574 g/mol. The molecule has 0 radical (unpaired) electrons. The quantitative estimate of drug-likeness (QED) is 0.238. The van der Waals surface area contributed by atoms with Crippen molar-refractivity contribution in [2.45, 2.75) is 38.6 Å². The molecule has 2 aromatic carbocycles. The van der Waals surface area contributed by atoms with Crippen LogP contribution in [0.15, 0.2) is 60.7 Å². The lowest BCUT2D eigenvalue weighted by molar-refractivity contribution is 0.0915. The lowest BCUT2D eigenvalue weighted by Gasteiger charge is -2.29. The molecule has 4 aromatic rings. The third-order valence-electron chi connectivity index (χ3n) is 7.42. The first-order valence-electron chi connectivity index (χ1n) is 14.0. The Morgan fingerprint density at radius 2 is 1.74 bits per heavy atom. The van der Waals surface area contributed by atoms with Gasteiger partial charge in [-0.1, -0.05) is 30.3 Å². The molecule has 220 valence electrons. The lowest BCUT2D eigenvalue weighted by atomic mass is 9.94. The van der Waals surface area contributed by atoms with E-state index in [1.54, 1.807) is 13.1 Å². The first kappa shape index (κ1) is 29.6. The number of anilines is 2. The first-order valence-corrected chi connectivity index (χ1v) is 15.3. The summed E-state index contributed by atoms with van der Waals surface area (Å²) in [6.07, 6.45) is 2.84. The predicted octanol–water partition coefficient (Wildman–Crippen LogP) is 6.25. The van der Waals surface area contributed by atoms with Gasteiger partial charge in [0.2, 0.25) is 0 Å². The molecule has 42 heavy (non-hydrogen) atoms. The second-order valence-electron chi connectivity index (χ2n) is 10.8. The number of ether oxygens (including phenoxy) is 1. The zero-order valence-corrected chi connectivity index (χ0v) is 25.5. The van der Waals surface area contributed by atoms with Gasteiger partial charge in [-0.15, -0.1) is 28.0 Å². The van der Waals surface area contributed by atoms with Crippen LogP contribution in [0.5, 0.6) is 0 Å². The maximum Gasteiger partial charge on any atom is 0.436 e. The van der Waals surface area contributed by atoms with Crippen molar-refractivity contribution >= 4 is 62.6 Å². The van der Waals surface area contributed by atoms with Crippen molar-refractivity contribution in [1.29, 1.82) is 0 Å². The van der Waals surface area contributed by atoms with E-state index in [2.05, 4.69) is 15.3 Å². The Morgan fingerprint density at radius 3 is 2.40 bits per heavy atom. The molecule has 0 aliphatic carbocycles. The minimum Gasteiger partial charge on any atom is -0.447 e. The van der Waals surface area contributed by atoms with Gasteiger partial charge in [-0.3, -0.25) is 14.5 Å². The fourth-order valence-corrected chi connectivity index (χ4v) is 6.16. The SMILES string of the molecule is CN(C(=O)c1ccc(N2CCCCC2)cc1)c1nn(C(=O)OCCCl)c2sc(C(=O)NC(C)(C)c3ccccc3)cc12. The summed E-state index contributed by atoms with van der Waals surface area (Å²) in [6.45, 7) is 5.87. The van der Waals surface area contributed by atoms with Crippen molar-refractivity contribution in [2.24, 2.45) is 0 Å². The van der Waals surface area contributed by atoms with Gasteiger partial charge in [0.05, 0.1) is 21.7 Å². The smallest absolute Gasteiger partial charge is 0.436 e. The topological polar surface area (TPSA) is 96.8 Å². The zero-order valence-electron chi connectivity index (χ0n) is 23.9. The highest BCUT2D eigenvalue weighted by Crippen LogP contribution is 2.35. The van der Waals surface area contributed by atoms with E-state index < -0.39 is 11.6 Å². The minimum absolute atomic E-state index is 0.000798. The summed E-state index contributed by atoms with van der Waals surface area (Å²) < 4.78 is 6.32. The molecule has 2 amide bonds. The Bertz CT molecular complexity index is 1580. The summed E-state index contributed by atoms with van der Waals surface area (Å²) in [5.74, 6) is -0.223. The third-order valence-corrected chi connectivity index (χ3v) is 8.68. The van der Waals surface area contributed by atoms with Crippen molar-refractivity contribution in [1.82, 2.24) is 15.1 Å². The summed E-state index contributed by atoms with van der Waals surface area (Å²) in [5, 5.41) is 8.00. The summed E-state index contributed by atoms with van der Waals surface area (Å²) in [7, 11) is 1.60. The molecule has 5 rings (SSSR count). The predicted molar refractivity (Wildman–Crippen MR) is 167 cm³/mol. The van der Waals surface area contributed by atoms with E-state index in [4.69, 9.17) is 16.3 Å². The van der Waals surface area contributed by atoms with Gasteiger partial charge in [0.15, 0.2) is 5.82 Å². The van der Waals surface area contributed by atoms with E-state index in [1.807, 2.05) is 68.4 Å². The fraction of sp³-hybridized carbons (Fsp3) is 0.355. The number of thiophene rings is 1. The second-order valence-corrected chi connectivity index (χ2v) is 12.2. The molecular formula is C31H34ClN5O4S. The van der Waals surface area contributed by atoms with E-state index in [-0.39, 0.29) is 30.1 Å². The standard InChI is InChI=1S/C31H34ClN5O4S/c1-31(2,22-10-6-4-7-11-22)33-27(38)25-20-24-26(34-37(29(24)42-25)30(40)41-19-16-32)35(3)28(39)21-12-14-23(15-13-21)36-17-8-5-9-18-36/h4,6-7,10-15,20H,5,8-9,16-19H2,1-3H3,(H,33,38). The number of amides is 2. The Hall–Kier alpha value is -3.89. The number of carbonyl (C=O) groups is 3. The number of nitrogens with zero attached hydrogens (tertiary/aromatic N) is 4. The van der Waals surface area contributed by atoms with Crippen LogP contribution in [0, 0.1) is 0 Å². The summed E-state index contributed by atoms with van der Waals surface area (Å²) in [4.78, 5) is 44.4. The minimum atomic E-state index is -0.739. The molecule has 3 heterocycles. The Labute approximate surface area is 254 Å². The van der Waals surface area contributed by atoms with Crippen LogP contribution in [0.2, 0.25) is 0 Å². The maximum absolute atomic E-state index is 13.6. The van der Waals surface area contributed by atoms with Crippen LogP contribution < -0.4 is 15.1 Å². The Morgan fingerprint density at radius 1 is 1.05 bits per heavy atom. The summed E-state index contributed by atoms with van der Waals surface area (Å²) in [6, 6.07) is 18.9. The highest BCUT2D eigenvalue weighted by atomic mass is 35.5. The normalized spacial score (nSPS) is 13.7. The Kier molecular flexibility index (Phi) is 8.84. The van der Waals surface area contributed by atoms with Crippen LogP contribution in [0.4, 0.5) is 16.3 Å². The van der Waals surface area contributed by atoms with Crippen LogP contribution in [-0.4, -0.2) is 60.3 Å². The lowest BCUT2D eigenvalue weighted by Crippen LogP contribution is -2.40. The van der Waals surface area contributed by atoms with Crippen molar-refractivity contribution in [2.75, 3.05) is 42.4 Å². The van der Waals surface area contributed by atoms with Gasteiger partial charge in [0.1, 0.15) is 11.4 Å². The number of halogens is 1. The molecule has 0 bridgehead atoms. The van der Waals surface area contributed by atoms with Gasteiger partial charge >= 0.3 is 6.09 Å². The number of hydrogen-bond acceptors (Lipinski definition) is 7. The van der Waals surface area contributed by atoms with Gasteiger partial charge in [-0.05, 0) is 69.0 Å². The van der Waals surface area contributed by atoms with Crippen molar-refractivity contribution in [3.05, 3.63) is 76.7 Å². The fourth-order valence-electron chi connectivity index (χ4n) is 5.09. The number of aromatic nitrogens is 2. The number of alkyl halides is 1. The molecule has 11 heteroatoms. The zero-order chi connectivity index (χ0) is 29.9. The molecule has 1 fully saturated rings. The molecule has 2 aromatic heterocycles. The van der Waals surface area contributed by atoms with Gasteiger partial charge in [0, 0.05) is 31.4 Å². The van der Waals surface area contributed by atoms with Crippen molar-refractivity contribution < 1.29 is 19.1 Å². The third kappa shape index (κ3) is 6.15. The summed E-state index contributed by atoms with van der Waals surface area (Å²) in [5.41, 5.74) is 1.89. The molecule has 1 aliphatic heterocycles. The molecule has 0 unspecified atom stereocenters. The molecule has 0 saturated carbocycles. The van der Waals surface area contributed by atoms with Gasteiger partial charge in [0.25, 0.3) is 11.8 Å². The number of carbonyl (C=O) groups excluding carboxylic acids is 3. The number of fused-ring (bicyclic) bond motifs is 1. The van der Waals surface area contributed by atoms with Crippen LogP contribution >= 0.6 is 22.9 Å². The highest BCUT2D eigenvalue weighted by Gasteiger charge is 2.29. The van der Waals surface area contributed by atoms with E-state index in [9.17, 15) is 14.4 Å². The number of hydrogen-bond donors (Lipinski definition) is 1. The number of piperidine rings is 1. The maximum atomic E-state index is 13.6. The van der Waals surface area contributed by atoms with E-state index in [0.29, 0.717) is 20.7 Å². The first-order chi connectivity index (χ1) is 20.2. The number of nitrogens with one attached hydrogen (secondary N) is 1. The number of rotatable bonds is 8. The average Bonchev–Trinajstić information content (AvgIpc) is 3.60. The average molecular weight is 608 g/mol. The van der Waals surface area contributed by atoms with Crippen LogP contribution in [-0.2, 0) is 10.3 Å². The molecule has 1 saturated heterocycles. The molecule has 0 spiro atoms. The second kappa shape index (κ2) is 12.5. The molecule has 9 nitrogen and oxygen atoms in total. The van der Waals surface area contributed by atoms with Crippen LogP contribution in [0.3, 0.4) is 0 Å². The van der Waals surface area contributed by atoms with E-state index in [1.165, 1.54) is 24.2 Å². The van der Waals surface area contributed by atoms with Crippen molar-refractivity contribution in [3.8, 4) is 0 Å². The van der Waals surface area contributed by atoms with Gasteiger partial charge in [-0.25, -0.2) is 4.79 Å². The van der Waals surface area contributed by atoms with E-state index >= 15 is 0 Å². The van der Waals surface area contributed by atoms with Gasteiger partial charge < -0.3 is 15.0 Å². The van der Waals surface area contributed by atoms with Crippen LogP contribution in [0.25, 0.3) is 10.2 Å². The molecule has 1 aliphatic rings. The molecule has 0 atom stereocenters. The Balaban J connectivity index is 1.44. The largest absolute Gasteiger partial charge is 0.447 e.